The number of aromatic nitrogens is 17. The molecule has 14 aromatic carbocycles. The van der Waals surface area contributed by atoms with Gasteiger partial charge in [-0.05, 0) is 237 Å². The van der Waals surface area contributed by atoms with E-state index in [0.29, 0.717) is 33.7 Å². The summed E-state index contributed by atoms with van der Waals surface area (Å²) in [5.41, 5.74) is 28.5. The van der Waals surface area contributed by atoms with Gasteiger partial charge in [0.15, 0.2) is 4.73 Å². The zero-order valence-electron chi connectivity index (χ0n) is 75.1. The van der Waals surface area contributed by atoms with Gasteiger partial charge in [-0.25, -0.2) is 44.3 Å². The maximum atomic E-state index is 12.4. The van der Waals surface area contributed by atoms with Gasteiger partial charge in [-0.15, -0.1) is 11.6 Å². The minimum absolute atomic E-state index is 0. The van der Waals surface area contributed by atoms with Gasteiger partial charge in [0, 0.05) is 37.1 Å². The Bertz CT molecular complexity index is 8610. The first-order valence-electron chi connectivity index (χ1n) is 41.1. The fourth-order valence-corrected chi connectivity index (χ4v) is 16.1. The molecule has 0 saturated carbocycles. The number of aromatic amines is 1. The van der Waals surface area contributed by atoms with Gasteiger partial charge in [-0.3, -0.25) is 31.1 Å². The van der Waals surface area contributed by atoms with Gasteiger partial charge in [0.2, 0.25) is 17.3 Å². The molecule has 11 heterocycles. The zero-order chi connectivity index (χ0) is 94.7. The molecule has 11 aromatic heterocycles. The SMILES string of the molecule is Ic1ccccc1I.N#Cc1ccccc1-n1c(Br)nc2ccccc21.N#Cc1ccccc1-n1cnc2ccccc21.N#Cc1ccccc1F.Nc1nc2nc3ccccc3n2c2ccccc12.O=CCCl.[2H]CS.[B]=NS.[Cu][I].[H-].[H-].[Li+].[Na+].c1ccc2[nH]cnc2c1.c1ccc2c(c1)nc1n2c2ccccc2c2nc3ccccc3n21.c1ccc2c(c1)nc1n3ccnc3c3ccccc3n21. The summed E-state index contributed by atoms with van der Waals surface area (Å²) >= 11 is 25.4. The number of nitrogens with two attached hydrogens (primary N) is 1. The molecule has 0 amide bonds. The molecule has 3 N–H and O–H groups in total. The topological polar surface area (TPSA) is 291 Å². The van der Waals surface area contributed by atoms with Crippen LogP contribution in [0, 0.1) is 47.0 Å². The number of carbonyl (C=O) groups is 1. The van der Waals surface area contributed by atoms with Crippen LogP contribution in [-0.4, -0.2) is 107 Å². The third kappa shape index (κ3) is 23.0. The molecule has 0 saturated heterocycles. The van der Waals surface area contributed by atoms with Crippen molar-refractivity contribution in [2.75, 3.05) is 17.8 Å². The Balaban J connectivity index is 0.000000163. The Labute approximate surface area is 889 Å². The number of anilines is 1. The average Bonchev–Trinajstić information content (AvgIpc) is 1.56. The number of nitrogens with one attached hydrogen (secondary N) is 1. The van der Waals surface area contributed by atoms with E-state index in [1.165, 1.54) is 19.3 Å². The minimum Gasteiger partial charge on any atom is -1.00 e. The Morgan fingerprint density at radius 1 is 0.493 bits per heavy atom. The number of imidazole rings is 8. The second-order valence-electron chi connectivity index (χ2n) is 28.1. The number of alkyl halides is 1. The molecule has 0 unspecified atom stereocenters. The van der Waals surface area contributed by atoms with Crippen molar-refractivity contribution in [1.82, 2.24) is 81.0 Å². The van der Waals surface area contributed by atoms with E-state index < -0.39 is 5.82 Å². The van der Waals surface area contributed by atoms with Crippen molar-refractivity contribution in [2.45, 2.75) is 0 Å². The van der Waals surface area contributed by atoms with E-state index in [2.05, 4.69) is 262 Å². The van der Waals surface area contributed by atoms with Crippen molar-refractivity contribution in [1.29, 1.82) is 15.8 Å². The Morgan fingerprint density at radius 2 is 0.882 bits per heavy atom. The maximum absolute atomic E-state index is 12.4. The number of nitrogen functional groups attached to an aromatic ring is 1. The number of thiol groups is 2. The summed E-state index contributed by atoms with van der Waals surface area (Å²) in [6.45, 7) is 0. The number of aldehydes is 1. The van der Waals surface area contributed by atoms with Crippen molar-refractivity contribution in [3.8, 4) is 29.6 Å². The van der Waals surface area contributed by atoms with Gasteiger partial charge in [0.1, 0.15) is 53.8 Å². The van der Waals surface area contributed by atoms with Crippen LogP contribution in [0.4, 0.5) is 10.2 Å². The number of H-pyrrole nitrogens is 1. The van der Waals surface area contributed by atoms with Crippen LogP contribution in [-0.2, 0) is 17.6 Å². The van der Waals surface area contributed by atoms with Crippen LogP contribution < -0.4 is 54.2 Å². The minimum atomic E-state index is -0.458. The van der Waals surface area contributed by atoms with Crippen LogP contribution in [0.5, 0.6) is 0 Å². The first kappa shape index (κ1) is 101. The number of hydrogen-bond donors (Lipinski definition) is 4. The standard InChI is InChI=1S/C20H12N4.C16H10N4.C14H8BrN3.C14H10N4.C14H9N3.C7H4FN.C7H6N2.C6H4I2.C2H3ClO.CH4S.BHNS.Cu.HI.Li.Na.2H/c1-4-10-16-13(7-1)19-21-14-8-2-6-12-18(14)24(19)20-22-15-9-3-5-11-17(15)23(16)20;1-3-7-13-11(5-1)15-17-9-10-19(15)16-18-12-6-2-4-8-14(12)20(13)16;15-14-17-11-6-2-4-8-13(11)18(14)12-7-3-1-5-10(12)9-16;15-13-9-5-1-3-7-11(9)18-12-8-4-2-6-10(12)16-14(18)17-13;15-9-11-5-1-3-7-13(11)17-10-16-12-6-2-4-8-14(12)17;8-7-4-2-1-3-6(7)5-9;1-2-4-7-6(3-1)8-5-9-7;7-5-3-1-2-4-6(5)8;3-1-2-4;1-2;1-2-3;;;;;;/h1-12H;1-10H;1-8H;1-8H,(H2,15,16,17);1-8,10H;1-4H;1-5H,(H,8,9);1-4H;2H,1H2;2H,1H3;3H;;1H;;;;/q;;;;;;;;;;;+1;;2*+1;2*-1/p-1/i;;;;;;;;;1D;;;;;;;. The molecule has 0 atom stereocenters. The first-order chi connectivity index (χ1) is 66.3. The van der Waals surface area contributed by atoms with E-state index in [1.807, 2.05) is 249 Å². The van der Waals surface area contributed by atoms with Crippen molar-refractivity contribution in [2.24, 2.45) is 4.30 Å². The number of nitrogens with zero attached hydrogens (tertiary/aromatic N) is 20. The van der Waals surface area contributed by atoms with E-state index in [4.69, 9.17) is 49.0 Å². The first-order valence-corrected chi connectivity index (χ1v) is 47.9. The molecule has 0 aliphatic heterocycles. The van der Waals surface area contributed by atoms with E-state index in [0.717, 1.165) is 144 Å². The molecule has 23 nitrogen and oxygen atoms in total. The number of rotatable bonds is 3. The van der Waals surface area contributed by atoms with Crippen molar-refractivity contribution >= 4 is 277 Å². The molecular weight excluding hydrogens is 2220 g/mol. The number of halogens is 6. The number of benzene rings is 14. The summed E-state index contributed by atoms with van der Waals surface area (Å²) in [6.07, 6.45) is 8.07. The zero-order valence-corrected chi connectivity index (χ0v) is 85.6. The second-order valence-corrected chi connectivity index (χ2v) is 31.6. The molecule has 1 radical (unpaired) electrons. The van der Waals surface area contributed by atoms with E-state index in [-0.39, 0.29) is 68.9 Å². The van der Waals surface area contributed by atoms with Gasteiger partial charge in [-0.2, -0.15) is 33.4 Å². The van der Waals surface area contributed by atoms with Gasteiger partial charge in [0.05, 0.1) is 134 Å². The summed E-state index contributed by atoms with van der Waals surface area (Å²) in [7, 11) is 4.34. The third-order valence-electron chi connectivity index (χ3n) is 20.4. The molecule has 136 heavy (non-hydrogen) atoms. The van der Waals surface area contributed by atoms with Crippen molar-refractivity contribution in [3.63, 3.8) is 0 Å². The van der Waals surface area contributed by atoms with Crippen LogP contribution >= 0.6 is 119 Å². The van der Waals surface area contributed by atoms with Crippen molar-refractivity contribution < 1.29 is 74.6 Å². The van der Waals surface area contributed by atoms with E-state index >= 15 is 0 Å². The number of fused-ring (bicyclic) bond motifs is 26. The molecule has 0 bridgehead atoms. The Morgan fingerprint density at radius 3 is 1.41 bits per heavy atom. The molecule has 25 aromatic rings. The number of hydrogen-bond acceptors (Lipinski definition) is 17. The fourth-order valence-electron chi connectivity index (χ4n) is 14.8. The van der Waals surface area contributed by atoms with Crippen LogP contribution in [0.25, 0.3) is 150 Å². The summed E-state index contributed by atoms with van der Waals surface area (Å²) in [4.78, 5) is 52.7. The van der Waals surface area contributed by atoms with Crippen LogP contribution in [0.1, 0.15) is 20.9 Å². The average molecular weight is 2300 g/mol. The number of carbonyl (C=O) groups excluding carboxylic acids is 1. The molecule has 25 rings (SSSR count). The summed E-state index contributed by atoms with van der Waals surface area (Å²) in [6, 6.07) is 116. The molecule has 0 aliphatic carbocycles. The van der Waals surface area contributed by atoms with E-state index in [9.17, 15) is 9.65 Å². The second kappa shape index (κ2) is 50.5. The summed E-state index contributed by atoms with van der Waals surface area (Å²) < 4.78 is 39.0. The molecule has 35 heteroatoms. The van der Waals surface area contributed by atoms with Gasteiger partial charge >= 0.3 is 106 Å². The Hall–Kier alpha value is -12.2. The van der Waals surface area contributed by atoms with E-state index in [1.54, 1.807) is 57.3 Å². The van der Waals surface area contributed by atoms with Crippen LogP contribution in [0.3, 0.4) is 0 Å². The van der Waals surface area contributed by atoms with Crippen LogP contribution in [0.2, 0.25) is 0 Å². The molecule has 0 spiro atoms. The maximum Gasteiger partial charge on any atom is 1.00 e. The van der Waals surface area contributed by atoms with Gasteiger partial charge in [-0.1, -0.05) is 170 Å². The summed E-state index contributed by atoms with van der Waals surface area (Å²) in [5.74, 6) is 2.62. The van der Waals surface area contributed by atoms with Crippen molar-refractivity contribution in [3.05, 3.63) is 399 Å². The monoisotopic (exact) mass is 2290 g/mol. The van der Waals surface area contributed by atoms with Gasteiger partial charge < -0.3 is 18.4 Å². The quantitative estimate of drug-likeness (QED) is 0.0421. The normalized spacial score (nSPS) is 10.4. The summed E-state index contributed by atoms with van der Waals surface area (Å²) in [5, 5.41) is 29.7. The largest absolute Gasteiger partial charge is 1.00 e. The smallest absolute Gasteiger partial charge is 1.00 e. The molecule has 0 aliphatic rings. The van der Waals surface area contributed by atoms with Crippen LogP contribution in [0.15, 0.2) is 374 Å². The molecule has 663 valence electrons. The number of nitriles is 3. The Kier molecular flexibility index (Phi) is 37.6. The third-order valence-corrected chi connectivity index (χ3v) is 24.0. The predicted molar refractivity (Wildman–Crippen MR) is 571 cm³/mol. The molecule has 0 fully saturated rings. The predicted octanol–water partition coefficient (Wildman–Crippen LogP) is 19.3. The van der Waals surface area contributed by atoms with Gasteiger partial charge in [0.25, 0.3) is 0 Å². The molecular formula is C101H73BBrClCuFI3LiN22NaOS2. The fraction of sp³-hybridized carbons (Fsp3) is 0.0198. The number of para-hydroxylation sites is 19.